The van der Waals surface area contributed by atoms with Gasteiger partial charge in [-0.2, -0.15) is 0 Å². The van der Waals surface area contributed by atoms with Crippen molar-refractivity contribution >= 4 is 35.0 Å². The molecule has 0 saturated carbocycles. The second-order valence-electron chi connectivity index (χ2n) is 4.58. The first-order valence-corrected chi connectivity index (χ1v) is 7.90. The lowest BCUT2D eigenvalue weighted by Gasteiger charge is -2.12. The van der Waals surface area contributed by atoms with E-state index in [0.29, 0.717) is 10.7 Å². The van der Waals surface area contributed by atoms with Crippen LogP contribution >= 0.6 is 23.4 Å². The van der Waals surface area contributed by atoms with Crippen molar-refractivity contribution in [3.05, 3.63) is 64.9 Å². The highest BCUT2D eigenvalue weighted by molar-refractivity contribution is 7.99. The number of benzene rings is 2. The second kappa shape index (κ2) is 7.48. The molecule has 0 bridgehead atoms. The maximum absolute atomic E-state index is 12.8. The summed E-state index contributed by atoms with van der Waals surface area (Å²) in [6, 6.07) is 13.3. The molecule has 1 amide bonds. The van der Waals surface area contributed by atoms with E-state index in [2.05, 4.69) is 5.32 Å². The van der Waals surface area contributed by atoms with Crippen LogP contribution in [0.15, 0.2) is 48.5 Å². The minimum absolute atomic E-state index is 0.0967. The van der Waals surface area contributed by atoms with E-state index in [1.165, 1.54) is 23.9 Å². The van der Waals surface area contributed by atoms with Gasteiger partial charge in [-0.05, 0) is 48.9 Å². The highest BCUT2D eigenvalue weighted by atomic mass is 35.5. The number of nitrogens with one attached hydrogen (secondary N) is 1. The Morgan fingerprint density at radius 1 is 1.19 bits per heavy atom. The van der Waals surface area contributed by atoms with Crippen molar-refractivity contribution in [3.8, 4) is 0 Å². The van der Waals surface area contributed by atoms with Gasteiger partial charge >= 0.3 is 0 Å². The molecule has 2 aromatic rings. The lowest BCUT2D eigenvalue weighted by atomic mass is 10.2. The molecule has 0 radical (unpaired) electrons. The molecule has 1 N–H and O–H groups in total. The Labute approximate surface area is 132 Å². The summed E-state index contributed by atoms with van der Waals surface area (Å²) in [5, 5.41) is 3.26. The quantitative estimate of drug-likeness (QED) is 0.861. The third kappa shape index (κ3) is 5.06. The minimum atomic E-state index is -0.321. The lowest BCUT2D eigenvalue weighted by Crippen LogP contribution is -2.22. The summed E-state index contributed by atoms with van der Waals surface area (Å²) in [6.45, 7) is 1.85. The average Bonchev–Trinajstić information content (AvgIpc) is 2.48. The minimum Gasteiger partial charge on any atom is -0.325 e. The largest absolute Gasteiger partial charge is 0.325 e. The average molecular weight is 324 g/mol. The van der Waals surface area contributed by atoms with Gasteiger partial charge in [0.25, 0.3) is 0 Å². The topological polar surface area (TPSA) is 29.1 Å². The van der Waals surface area contributed by atoms with Gasteiger partial charge in [0.2, 0.25) is 5.91 Å². The van der Waals surface area contributed by atoms with E-state index in [9.17, 15) is 9.18 Å². The van der Waals surface area contributed by atoms with Gasteiger partial charge in [0, 0.05) is 16.5 Å². The summed E-state index contributed by atoms with van der Waals surface area (Å²) < 4.78 is 12.8. The van der Waals surface area contributed by atoms with Gasteiger partial charge in [0.1, 0.15) is 5.82 Å². The molecule has 0 unspecified atom stereocenters. The van der Waals surface area contributed by atoms with Gasteiger partial charge in [-0.3, -0.25) is 4.79 Å². The van der Waals surface area contributed by atoms with Crippen LogP contribution in [0.1, 0.15) is 12.5 Å². The molecule has 1 atom stereocenters. The second-order valence-corrected chi connectivity index (χ2v) is 6.34. The van der Waals surface area contributed by atoms with Gasteiger partial charge in [-0.1, -0.05) is 23.7 Å². The van der Waals surface area contributed by atoms with Gasteiger partial charge in [-0.25, -0.2) is 4.39 Å². The summed E-state index contributed by atoms with van der Waals surface area (Å²) in [6.07, 6.45) is 0. The Morgan fingerprint density at radius 3 is 2.43 bits per heavy atom. The van der Waals surface area contributed by atoms with Crippen LogP contribution < -0.4 is 5.32 Å². The molecule has 0 fully saturated rings. The Balaban J connectivity index is 1.84. The van der Waals surface area contributed by atoms with E-state index < -0.39 is 0 Å². The summed E-state index contributed by atoms with van der Waals surface area (Å²) >= 11 is 7.37. The summed E-state index contributed by atoms with van der Waals surface area (Å²) in [5.41, 5.74) is 1.71. The number of anilines is 1. The molecule has 0 aliphatic carbocycles. The molecule has 0 aromatic heterocycles. The molecule has 5 heteroatoms. The zero-order chi connectivity index (χ0) is 15.2. The lowest BCUT2D eigenvalue weighted by molar-refractivity contribution is -0.115. The summed E-state index contributed by atoms with van der Waals surface area (Å²) in [5.74, 6) is 0.313. The Kier molecular flexibility index (Phi) is 5.65. The number of carbonyl (C=O) groups is 1. The van der Waals surface area contributed by atoms with E-state index >= 15 is 0 Å². The molecule has 2 rings (SSSR count). The highest BCUT2D eigenvalue weighted by Gasteiger charge is 2.13. The Bertz CT molecular complexity index is 601. The highest BCUT2D eigenvalue weighted by Crippen LogP contribution is 2.20. The van der Waals surface area contributed by atoms with Crippen LogP contribution in [0.3, 0.4) is 0 Å². The molecule has 110 valence electrons. The van der Waals surface area contributed by atoms with E-state index in [1.54, 1.807) is 12.1 Å². The zero-order valence-electron chi connectivity index (χ0n) is 11.5. The van der Waals surface area contributed by atoms with Crippen molar-refractivity contribution in [2.24, 2.45) is 0 Å². The summed E-state index contributed by atoms with van der Waals surface area (Å²) in [4.78, 5) is 12.0. The van der Waals surface area contributed by atoms with Crippen molar-refractivity contribution in [2.75, 3.05) is 5.32 Å². The van der Waals surface area contributed by atoms with Crippen LogP contribution in [0, 0.1) is 5.82 Å². The molecule has 0 heterocycles. The monoisotopic (exact) mass is 323 g/mol. The van der Waals surface area contributed by atoms with Crippen LogP contribution in [0.5, 0.6) is 0 Å². The smallest absolute Gasteiger partial charge is 0.237 e. The molecule has 21 heavy (non-hydrogen) atoms. The fourth-order valence-electron chi connectivity index (χ4n) is 1.65. The van der Waals surface area contributed by atoms with Gasteiger partial charge in [0.15, 0.2) is 0 Å². The van der Waals surface area contributed by atoms with Gasteiger partial charge < -0.3 is 5.32 Å². The SMILES string of the molecule is C[C@H](SCc1ccc(Cl)cc1)C(=O)Nc1ccc(F)cc1. The van der Waals surface area contributed by atoms with Crippen LogP contribution in [-0.4, -0.2) is 11.2 Å². The van der Waals surface area contributed by atoms with Crippen molar-refractivity contribution < 1.29 is 9.18 Å². The Hall–Kier alpha value is -1.52. The van der Waals surface area contributed by atoms with Crippen LogP contribution in [0.2, 0.25) is 5.02 Å². The number of amides is 1. The molecule has 2 aromatic carbocycles. The predicted molar refractivity (Wildman–Crippen MR) is 87.2 cm³/mol. The first-order valence-electron chi connectivity index (χ1n) is 6.47. The number of thioether (sulfide) groups is 1. The number of hydrogen-bond acceptors (Lipinski definition) is 2. The summed E-state index contributed by atoms with van der Waals surface area (Å²) in [7, 11) is 0. The van der Waals surface area contributed by atoms with Crippen LogP contribution in [-0.2, 0) is 10.5 Å². The molecule has 2 nitrogen and oxygen atoms in total. The van der Waals surface area contributed by atoms with Crippen molar-refractivity contribution in [1.29, 1.82) is 0 Å². The molecule has 0 aliphatic rings. The number of carbonyl (C=O) groups excluding carboxylic acids is 1. The third-order valence-electron chi connectivity index (χ3n) is 2.89. The van der Waals surface area contributed by atoms with E-state index in [0.717, 1.165) is 11.3 Å². The van der Waals surface area contributed by atoms with E-state index in [-0.39, 0.29) is 17.0 Å². The van der Waals surface area contributed by atoms with Crippen molar-refractivity contribution in [1.82, 2.24) is 0 Å². The molecular weight excluding hydrogens is 309 g/mol. The first-order chi connectivity index (χ1) is 10.0. The van der Waals surface area contributed by atoms with E-state index in [1.807, 2.05) is 31.2 Å². The van der Waals surface area contributed by atoms with Gasteiger partial charge in [0.05, 0.1) is 5.25 Å². The number of halogens is 2. The van der Waals surface area contributed by atoms with Crippen molar-refractivity contribution in [3.63, 3.8) is 0 Å². The fourth-order valence-corrected chi connectivity index (χ4v) is 2.63. The number of hydrogen-bond donors (Lipinski definition) is 1. The molecular formula is C16H15ClFNOS. The van der Waals surface area contributed by atoms with Crippen molar-refractivity contribution in [2.45, 2.75) is 17.9 Å². The number of rotatable bonds is 5. The third-order valence-corrected chi connectivity index (χ3v) is 4.36. The standard InChI is InChI=1S/C16H15ClFNOS/c1-11(21-10-12-2-4-13(17)5-3-12)16(20)19-15-8-6-14(18)7-9-15/h2-9,11H,10H2,1H3,(H,19,20)/t11-/m0/s1. The molecule has 0 saturated heterocycles. The van der Waals surface area contributed by atoms with Gasteiger partial charge in [-0.15, -0.1) is 11.8 Å². The zero-order valence-corrected chi connectivity index (χ0v) is 13.0. The first kappa shape index (κ1) is 15.9. The fraction of sp³-hybridized carbons (Fsp3) is 0.188. The maximum atomic E-state index is 12.8. The predicted octanol–water partition coefficient (Wildman–Crippen LogP) is 4.74. The maximum Gasteiger partial charge on any atom is 0.237 e. The van der Waals surface area contributed by atoms with E-state index in [4.69, 9.17) is 11.6 Å². The normalized spacial score (nSPS) is 12.0. The van der Waals surface area contributed by atoms with Crippen LogP contribution in [0.25, 0.3) is 0 Å². The molecule has 0 aliphatic heterocycles. The van der Waals surface area contributed by atoms with Crippen LogP contribution in [0.4, 0.5) is 10.1 Å². The molecule has 0 spiro atoms. The Morgan fingerprint density at radius 2 is 1.81 bits per heavy atom.